The van der Waals surface area contributed by atoms with Gasteiger partial charge in [0, 0.05) is 38.8 Å². The van der Waals surface area contributed by atoms with Gasteiger partial charge in [-0.15, -0.1) is 0 Å². The molecule has 0 bridgehead atoms. The van der Waals surface area contributed by atoms with Crippen molar-refractivity contribution in [2.24, 2.45) is 5.73 Å². The molecule has 0 aliphatic carbocycles. The van der Waals surface area contributed by atoms with Gasteiger partial charge in [0.05, 0.1) is 0 Å². The molecule has 21 heavy (non-hydrogen) atoms. The normalized spacial score (nSPS) is 19.0. The molecule has 126 valence electrons. The zero-order valence-electron chi connectivity index (χ0n) is 14.7. The summed E-state index contributed by atoms with van der Waals surface area (Å²) in [4.78, 5) is 5.27. The predicted octanol–water partition coefficient (Wildman–Crippen LogP) is 3.48. The standard InChI is InChI=1S/C18H39N3/c1-3-5-6-7-8-9-10-12-20-13-15-21(16-14-20)18(17-19)11-4-2/h18H,3-17,19H2,1-2H3. The Morgan fingerprint density at radius 3 is 2.00 bits per heavy atom. The van der Waals surface area contributed by atoms with Gasteiger partial charge < -0.3 is 10.6 Å². The van der Waals surface area contributed by atoms with Crippen molar-refractivity contribution in [3.05, 3.63) is 0 Å². The van der Waals surface area contributed by atoms with E-state index in [2.05, 4.69) is 23.6 Å². The van der Waals surface area contributed by atoms with Crippen molar-refractivity contribution in [1.29, 1.82) is 0 Å². The lowest BCUT2D eigenvalue weighted by Crippen LogP contribution is -2.52. The van der Waals surface area contributed by atoms with E-state index in [1.165, 1.54) is 90.5 Å². The molecule has 1 rings (SSSR count). The summed E-state index contributed by atoms with van der Waals surface area (Å²) in [6, 6.07) is 0.621. The highest BCUT2D eigenvalue weighted by atomic mass is 15.3. The van der Waals surface area contributed by atoms with Gasteiger partial charge in [-0.05, 0) is 19.4 Å². The van der Waals surface area contributed by atoms with Crippen molar-refractivity contribution in [1.82, 2.24) is 9.80 Å². The molecule has 0 aromatic heterocycles. The van der Waals surface area contributed by atoms with Crippen molar-refractivity contribution >= 4 is 0 Å². The first-order valence-electron chi connectivity index (χ1n) is 9.48. The topological polar surface area (TPSA) is 32.5 Å². The molecule has 3 heteroatoms. The SMILES string of the molecule is CCCCCCCCCN1CCN(C(CN)CCC)CC1. The predicted molar refractivity (Wildman–Crippen MR) is 93.8 cm³/mol. The van der Waals surface area contributed by atoms with E-state index in [1.54, 1.807) is 0 Å². The second-order valence-corrected chi connectivity index (χ2v) is 6.68. The van der Waals surface area contributed by atoms with Crippen LogP contribution < -0.4 is 5.73 Å². The van der Waals surface area contributed by atoms with Crippen LogP contribution in [0.1, 0.15) is 71.6 Å². The molecule has 1 aliphatic rings. The Balaban J connectivity index is 2.02. The summed E-state index contributed by atoms with van der Waals surface area (Å²) in [5, 5.41) is 0. The molecule has 2 N–H and O–H groups in total. The number of rotatable bonds is 12. The molecule has 0 amide bonds. The van der Waals surface area contributed by atoms with Crippen molar-refractivity contribution in [2.45, 2.75) is 77.7 Å². The van der Waals surface area contributed by atoms with Crippen LogP contribution in [0.2, 0.25) is 0 Å². The van der Waals surface area contributed by atoms with Gasteiger partial charge in [-0.3, -0.25) is 4.90 Å². The average Bonchev–Trinajstić information content (AvgIpc) is 2.52. The minimum Gasteiger partial charge on any atom is -0.329 e. The maximum atomic E-state index is 5.92. The maximum Gasteiger partial charge on any atom is 0.0219 e. The van der Waals surface area contributed by atoms with E-state index in [1.807, 2.05) is 0 Å². The van der Waals surface area contributed by atoms with Gasteiger partial charge >= 0.3 is 0 Å². The number of hydrogen-bond acceptors (Lipinski definition) is 3. The fourth-order valence-electron chi connectivity index (χ4n) is 3.43. The van der Waals surface area contributed by atoms with Crippen LogP contribution in [-0.2, 0) is 0 Å². The van der Waals surface area contributed by atoms with Gasteiger partial charge in [-0.1, -0.05) is 58.8 Å². The van der Waals surface area contributed by atoms with Gasteiger partial charge in [-0.2, -0.15) is 0 Å². The summed E-state index contributed by atoms with van der Waals surface area (Å²) in [5.41, 5.74) is 5.92. The van der Waals surface area contributed by atoms with Crippen molar-refractivity contribution < 1.29 is 0 Å². The molecular weight excluding hydrogens is 258 g/mol. The van der Waals surface area contributed by atoms with Gasteiger partial charge in [0.15, 0.2) is 0 Å². The monoisotopic (exact) mass is 297 g/mol. The summed E-state index contributed by atoms with van der Waals surface area (Å²) in [7, 11) is 0. The Bertz CT molecular complexity index is 225. The van der Waals surface area contributed by atoms with Crippen molar-refractivity contribution in [2.75, 3.05) is 39.3 Å². The highest BCUT2D eigenvalue weighted by Gasteiger charge is 2.21. The lowest BCUT2D eigenvalue weighted by molar-refractivity contribution is 0.0934. The summed E-state index contributed by atoms with van der Waals surface area (Å²) >= 11 is 0. The molecule has 1 unspecified atom stereocenters. The number of piperazine rings is 1. The van der Waals surface area contributed by atoms with Crippen LogP contribution in [0, 0.1) is 0 Å². The lowest BCUT2D eigenvalue weighted by atomic mass is 10.1. The quantitative estimate of drug-likeness (QED) is 0.560. The molecule has 0 aromatic rings. The fraction of sp³-hybridized carbons (Fsp3) is 1.00. The summed E-state index contributed by atoms with van der Waals surface area (Å²) in [6.07, 6.45) is 12.4. The zero-order chi connectivity index (χ0) is 15.3. The highest BCUT2D eigenvalue weighted by Crippen LogP contribution is 2.12. The van der Waals surface area contributed by atoms with Crippen LogP contribution in [0.5, 0.6) is 0 Å². The van der Waals surface area contributed by atoms with E-state index < -0.39 is 0 Å². The Hall–Kier alpha value is -0.120. The van der Waals surface area contributed by atoms with E-state index in [-0.39, 0.29) is 0 Å². The molecule has 1 aliphatic heterocycles. The molecule has 0 spiro atoms. The number of unbranched alkanes of at least 4 members (excludes halogenated alkanes) is 6. The first-order chi connectivity index (χ1) is 10.3. The van der Waals surface area contributed by atoms with Crippen LogP contribution in [0.25, 0.3) is 0 Å². The minimum absolute atomic E-state index is 0.621. The largest absolute Gasteiger partial charge is 0.329 e. The smallest absolute Gasteiger partial charge is 0.0219 e. The maximum absolute atomic E-state index is 5.92. The molecule has 0 saturated carbocycles. The third kappa shape index (κ3) is 8.18. The first-order valence-corrected chi connectivity index (χ1v) is 9.48. The second kappa shape index (κ2) is 12.4. The third-order valence-electron chi connectivity index (χ3n) is 4.90. The fourth-order valence-corrected chi connectivity index (χ4v) is 3.43. The molecule has 1 atom stereocenters. The molecular formula is C18H39N3. The Labute approximate surface area is 133 Å². The highest BCUT2D eigenvalue weighted by molar-refractivity contribution is 4.79. The van der Waals surface area contributed by atoms with Crippen LogP contribution >= 0.6 is 0 Å². The third-order valence-corrected chi connectivity index (χ3v) is 4.90. The zero-order valence-corrected chi connectivity index (χ0v) is 14.7. The Morgan fingerprint density at radius 2 is 1.43 bits per heavy atom. The van der Waals surface area contributed by atoms with Crippen LogP contribution in [-0.4, -0.2) is 55.1 Å². The van der Waals surface area contributed by atoms with Gasteiger partial charge in [0.25, 0.3) is 0 Å². The lowest BCUT2D eigenvalue weighted by Gasteiger charge is -2.39. The van der Waals surface area contributed by atoms with Crippen LogP contribution in [0.4, 0.5) is 0 Å². The van der Waals surface area contributed by atoms with Crippen molar-refractivity contribution in [3.63, 3.8) is 0 Å². The van der Waals surface area contributed by atoms with Gasteiger partial charge in [-0.25, -0.2) is 0 Å². The van der Waals surface area contributed by atoms with Crippen LogP contribution in [0.3, 0.4) is 0 Å². The molecule has 0 aromatic carbocycles. The molecule has 1 heterocycles. The van der Waals surface area contributed by atoms with Gasteiger partial charge in [0.1, 0.15) is 0 Å². The first kappa shape index (κ1) is 18.9. The van der Waals surface area contributed by atoms with E-state index in [0.717, 1.165) is 6.54 Å². The summed E-state index contributed by atoms with van der Waals surface area (Å²) < 4.78 is 0. The van der Waals surface area contributed by atoms with E-state index >= 15 is 0 Å². The van der Waals surface area contributed by atoms with Gasteiger partial charge in [0.2, 0.25) is 0 Å². The summed E-state index contributed by atoms with van der Waals surface area (Å²) in [5.74, 6) is 0. The number of nitrogens with two attached hydrogens (primary N) is 1. The Kier molecular flexibility index (Phi) is 11.2. The molecule has 1 fully saturated rings. The second-order valence-electron chi connectivity index (χ2n) is 6.68. The number of hydrogen-bond donors (Lipinski definition) is 1. The average molecular weight is 298 g/mol. The van der Waals surface area contributed by atoms with Crippen molar-refractivity contribution in [3.8, 4) is 0 Å². The number of nitrogens with zero attached hydrogens (tertiary/aromatic N) is 2. The minimum atomic E-state index is 0.621. The van der Waals surface area contributed by atoms with E-state index in [9.17, 15) is 0 Å². The van der Waals surface area contributed by atoms with E-state index in [0.29, 0.717) is 6.04 Å². The summed E-state index contributed by atoms with van der Waals surface area (Å²) in [6.45, 7) is 11.6. The molecule has 0 radical (unpaired) electrons. The van der Waals surface area contributed by atoms with E-state index in [4.69, 9.17) is 5.73 Å². The molecule has 1 saturated heterocycles. The Morgan fingerprint density at radius 1 is 0.810 bits per heavy atom. The molecule has 3 nitrogen and oxygen atoms in total. The van der Waals surface area contributed by atoms with Crippen LogP contribution in [0.15, 0.2) is 0 Å².